The van der Waals surface area contributed by atoms with Crippen molar-refractivity contribution in [2.45, 2.75) is 25.4 Å². The van der Waals surface area contributed by atoms with Crippen molar-refractivity contribution in [3.05, 3.63) is 77.5 Å². The molecule has 1 fully saturated rings. The third-order valence-corrected chi connectivity index (χ3v) is 4.87. The lowest BCUT2D eigenvalue weighted by Gasteiger charge is -2.10. The van der Waals surface area contributed by atoms with Crippen LogP contribution in [-0.2, 0) is 6.54 Å². The summed E-state index contributed by atoms with van der Waals surface area (Å²) in [5.41, 5.74) is 10.4. The topological polar surface area (TPSA) is 104 Å². The maximum absolute atomic E-state index is 12.5. The van der Waals surface area contributed by atoms with Gasteiger partial charge in [-0.05, 0) is 48.7 Å². The molecule has 144 valence electrons. The molecule has 1 aliphatic rings. The lowest BCUT2D eigenvalue weighted by molar-refractivity contribution is 0.102. The smallest absolute Gasteiger partial charge is 0.255 e. The molecule has 1 saturated carbocycles. The Labute approximate surface area is 169 Å². The van der Waals surface area contributed by atoms with Crippen molar-refractivity contribution < 1.29 is 4.79 Å². The molecule has 0 spiro atoms. The van der Waals surface area contributed by atoms with Crippen LogP contribution < -0.4 is 16.4 Å². The van der Waals surface area contributed by atoms with Crippen LogP contribution in [0.2, 0.25) is 0 Å². The molecule has 6 heteroatoms. The van der Waals surface area contributed by atoms with Gasteiger partial charge in [0.05, 0.1) is 22.6 Å². The maximum atomic E-state index is 12.5. The van der Waals surface area contributed by atoms with Crippen LogP contribution in [0.1, 0.15) is 34.3 Å². The third kappa shape index (κ3) is 4.42. The van der Waals surface area contributed by atoms with E-state index in [9.17, 15) is 10.1 Å². The lowest BCUT2D eigenvalue weighted by Crippen LogP contribution is -2.15. The number of hydrogen-bond acceptors (Lipinski definition) is 5. The van der Waals surface area contributed by atoms with E-state index >= 15 is 0 Å². The Morgan fingerprint density at radius 2 is 1.93 bits per heavy atom. The number of nitrogens with zero attached hydrogens (tertiary/aromatic N) is 2. The third-order valence-electron chi connectivity index (χ3n) is 4.87. The Hall–Kier alpha value is -3.69. The molecule has 0 bridgehead atoms. The van der Waals surface area contributed by atoms with Crippen molar-refractivity contribution in [2.24, 2.45) is 0 Å². The fraction of sp³-hybridized carbons (Fsp3) is 0.174. The van der Waals surface area contributed by atoms with E-state index in [4.69, 9.17) is 5.73 Å². The largest absolute Gasteiger partial charge is 0.397 e. The second-order valence-corrected chi connectivity index (χ2v) is 7.13. The van der Waals surface area contributed by atoms with E-state index in [2.05, 4.69) is 21.7 Å². The number of nitriles is 1. The number of nitrogens with two attached hydrogens (primary N) is 1. The van der Waals surface area contributed by atoms with Crippen LogP contribution in [0.4, 0.5) is 11.4 Å². The zero-order chi connectivity index (χ0) is 20.2. The van der Waals surface area contributed by atoms with E-state index < -0.39 is 0 Å². The number of nitrogen functional groups attached to an aromatic ring is 1. The highest BCUT2D eigenvalue weighted by Crippen LogP contribution is 2.24. The van der Waals surface area contributed by atoms with Crippen LogP contribution >= 0.6 is 0 Å². The second-order valence-electron chi connectivity index (χ2n) is 7.13. The van der Waals surface area contributed by atoms with Crippen LogP contribution in [0.15, 0.2) is 60.8 Å². The fourth-order valence-corrected chi connectivity index (χ4v) is 3.05. The first-order valence-corrected chi connectivity index (χ1v) is 9.53. The van der Waals surface area contributed by atoms with E-state index in [1.807, 2.05) is 18.2 Å². The summed E-state index contributed by atoms with van der Waals surface area (Å²) in [4.78, 5) is 17.0. The Kier molecular flexibility index (Phi) is 5.23. The van der Waals surface area contributed by atoms with Crippen molar-refractivity contribution in [3.8, 4) is 17.3 Å². The number of carbonyl (C=O) groups excluding carboxylic acids is 1. The summed E-state index contributed by atoms with van der Waals surface area (Å²) in [5, 5.41) is 15.8. The zero-order valence-electron chi connectivity index (χ0n) is 15.9. The number of aromatic nitrogens is 1. The molecule has 0 radical (unpaired) electrons. The number of rotatable bonds is 6. The van der Waals surface area contributed by atoms with E-state index in [0.717, 1.165) is 11.1 Å². The summed E-state index contributed by atoms with van der Waals surface area (Å²) in [6.45, 7) is 0.717. The first kappa shape index (κ1) is 18.7. The van der Waals surface area contributed by atoms with Gasteiger partial charge in [-0.25, -0.2) is 0 Å². The highest BCUT2D eigenvalue weighted by molar-refractivity contribution is 6.05. The Morgan fingerprint density at radius 1 is 1.17 bits per heavy atom. The van der Waals surface area contributed by atoms with Crippen molar-refractivity contribution in [2.75, 3.05) is 11.1 Å². The van der Waals surface area contributed by atoms with Gasteiger partial charge in [0, 0.05) is 29.9 Å². The molecule has 1 aromatic heterocycles. The number of benzene rings is 2. The summed E-state index contributed by atoms with van der Waals surface area (Å²) < 4.78 is 0. The molecule has 4 rings (SSSR count). The molecule has 0 unspecified atom stereocenters. The van der Waals surface area contributed by atoms with Gasteiger partial charge in [0.25, 0.3) is 5.91 Å². The molecule has 0 saturated heterocycles. The average molecular weight is 383 g/mol. The molecule has 3 aromatic rings. The van der Waals surface area contributed by atoms with Crippen molar-refractivity contribution in [3.63, 3.8) is 0 Å². The predicted molar refractivity (Wildman–Crippen MR) is 113 cm³/mol. The maximum Gasteiger partial charge on any atom is 0.255 e. The molecule has 6 nitrogen and oxygen atoms in total. The van der Waals surface area contributed by atoms with Crippen molar-refractivity contribution in [1.29, 1.82) is 5.26 Å². The Balaban J connectivity index is 1.50. The minimum atomic E-state index is -0.246. The highest BCUT2D eigenvalue weighted by Gasteiger charge is 2.20. The SMILES string of the molecule is N#Cc1cc(CNC2CC2)cnc1-c1ccc(C(=O)Nc2ccccc2N)cc1. The molecule has 1 heterocycles. The zero-order valence-corrected chi connectivity index (χ0v) is 15.9. The molecular weight excluding hydrogens is 362 g/mol. The van der Waals surface area contributed by atoms with E-state index in [-0.39, 0.29) is 5.91 Å². The number of para-hydroxylation sites is 2. The summed E-state index contributed by atoms with van der Waals surface area (Å²) in [6, 6.07) is 18.9. The van der Waals surface area contributed by atoms with Crippen LogP contribution in [0.3, 0.4) is 0 Å². The van der Waals surface area contributed by atoms with Crippen LogP contribution in [-0.4, -0.2) is 16.9 Å². The Bertz CT molecular complexity index is 1080. The lowest BCUT2D eigenvalue weighted by atomic mass is 10.0. The van der Waals surface area contributed by atoms with Crippen LogP contribution in [0.5, 0.6) is 0 Å². The normalized spacial score (nSPS) is 12.9. The quantitative estimate of drug-likeness (QED) is 0.563. The fourth-order valence-electron chi connectivity index (χ4n) is 3.05. The number of pyridine rings is 1. The van der Waals surface area contributed by atoms with Gasteiger partial charge in [-0.2, -0.15) is 5.26 Å². The van der Waals surface area contributed by atoms with Gasteiger partial charge in [-0.1, -0.05) is 24.3 Å². The minimum Gasteiger partial charge on any atom is -0.397 e. The summed E-state index contributed by atoms with van der Waals surface area (Å²) in [5.74, 6) is -0.246. The van der Waals surface area contributed by atoms with E-state index in [1.54, 1.807) is 42.6 Å². The van der Waals surface area contributed by atoms with E-state index in [0.29, 0.717) is 40.8 Å². The molecular formula is C23H21N5O. The van der Waals surface area contributed by atoms with E-state index in [1.165, 1.54) is 12.8 Å². The number of anilines is 2. The molecule has 1 amide bonds. The van der Waals surface area contributed by atoms with Gasteiger partial charge in [0.1, 0.15) is 6.07 Å². The molecule has 0 aliphatic heterocycles. The minimum absolute atomic E-state index is 0.246. The molecule has 0 atom stereocenters. The van der Waals surface area contributed by atoms with Crippen molar-refractivity contribution in [1.82, 2.24) is 10.3 Å². The number of amides is 1. The molecule has 29 heavy (non-hydrogen) atoms. The monoisotopic (exact) mass is 383 g/mol. The average Bonchev–Trinajstić information content (AvgIpc) is 3.58. The summed E-state index contributed by atoms with van der Waals surface area (Å²) >= 11 is 0. The number of carbonyl (C=O) groups is 1. The van der Waals surface area contributed by atoms with Crippen molar-refractivity contribution >= 4 is 17.3 Å². The summed E-state index contributed by atoms with van der Waals surface area (Å²) in [7, 11) is 0. The molecule has 2 aromatic carbocycles. The summed E-state index contributed by atoms with van der Waals surface area (Å²) in [6.07, 6.45) is 4.23. The molecule has 1 aliphatic carbocycles. The first-order chi connectivity index (χ1) is 14.1. The van der Waals surface area contributed by atoms with Crippen LogP contribution in [0, 0.1) is 11.3 Å². The van der Waals surface area contributed by atoms with Crippen LogP contribution in [0.25, 0.3) is 11.3 Å². The number of hydrogen-bond donors (Lipinski definition) is 3. The standard InChI is InChI=1S/C23H21N5O/c24-12-18-11-15(13-26-19-9-10-19)14-27-22(18)16-5-7-17(8-6-16)23(29)28-21-4-2-1-3-20(21)25/h1-8,11,14,19,26H,9-10,13,25H2,(H,28,29). The van der Waals surface area contributed by atoms with Gasteiger partial charge in [-0.3, -0.25) is 9.78 Å². The van der Waals surface area contributed by atoms with Gasteiger partial charge >= 0.3 is 0 Å². The number of nitrogens with one attached hydrogen (secondary N) is 2. The van der Waals surface area contributed by atoms with Gasteiger partial charge in [0.15, 0.2) is 0 Å². The predicted octanol–water partition coefficient (Wildman–Crippen LogP) is 3.71. The van der Waals surface area contributed by atoms with Gasteiger partial charge in [0.2, 0.25) is 0 Å². The first-order valence-electron chi connectivity index (χ1n) is 9.53. The highest BCUT2D eigenvalue weighted by atomic mass is 16.1. The molecule has 4 N–H and O–H groups in total. The second kappa shape index (κ2) is 8.13. The van der Waals surface area contributed by atoms with Gasteiger partial charge < -0.3 is 16.4 Å². The Morgan fingerprint density at radius 3 is 2.62 bits per heavy atom. The van der Waals surface area contributed by atoms with Gasteiger partial charge in [-0.15, -0.1) is 0 Å².